The van der Waals surface area contributed by atoms with Crippen LogP contribution in [0.1, 0.15) is 13.8 Å². The van der Waals surface area contributed by atoms with E-state index in [4.69, 9.17) is 0 Å². The van der Waals surface area contributed by atoms with E-state index < -0.39 is 22.0 Å². The van der Waals surface area contributed by atoms with Crippen molar-refractivity contribution in [2.45, 2.75) is 29.1 Å². The van der Waals surface area contributed by atoms with Gasteiger partial charge < -0.3 is 0 Å². The fourth-order valence-corrected chi connectivity index (χ4v) is 5.98. The number of benzene rings is 1. The van der Waals surface area contributed by atoms with Crippen LogP contribution in [-0.4, -0.2) is 36.3 Å². The zero-order valence-electron chi connectivity index (χ0n) is 15.5. The quantitative estimate of drug-likeness (QED) is 0.280. The Hall–Kier alpha value is -1.93. The lowest BCUT2D eigenvalue weighted by Crippen LogP contribution is -2.47. The van der Waals surface area contributed by atoms with Gasteiger partial charge in [0.05, 0.1) is 11.4 Å². The predicted octanol–water partition coefficient (Wildman–Crippen LogP) is 3.48. The van der Waals surface area contributed by atoms with Gasteiger partial charge in [-0.1, -0.05) is 49.1 Å². The highest BCUT2D eigenvalue weighted by Gasteiger charge is 2.31. The molecule has 0 aliphatic carbocycles. The van der Waals surface area contributed by atoms with Crippen LogP contribution in [0, 0.1) is 5.92 Å². The Morgan fingerprint density at radius 1 is 1.31 bits per heavy atom. The maximum atomic E-state index is 12.9. The first-order valence-electron chi connectivity index (χ1n) is 8.43. The number of nitrogens with zero attached hydrogens (tertiary/aromatic N) is 4. The molecular weight excluding hydrogens is 452 g/mol. The number of hydrogen-bond donors (Lipinski definition) is 2. The van der Waals surface area contributed by atoms with Crippen molar-refractivity contribution in [2.75, 3.05) is 11.1 Å². The number of sulfonamides is 1. The van der Waals surface area contributed by atoms with Gasteiger partial charge in [0, 0.05) is 5.75 Å². The maximum Gasteiger partial charge on any atom is 0.244 e. The smallest absolute Gasteiger partial charge is 0.244 e. The Morgan fingerprint density at radius 2 is 2.10 bits per heavy atom. The molecule has 2 heterocycles. The van der Waals surface area contributed by atoms with E-state index in [0.29, 0.717) is 20.9 Å². The van der Waals surface area contributed by atoms with Crippen LogP contribution in [0.4, 0.5) is 16.5 Å². The summed E-state index contributed by atoms with van der Waals surface area (Å²) in [6, 6.07) is 3.71. The van der Waals surface area contributed by atoms with Gasteiger partial charge in [-0.2, -0.15) is 13.4 Å². The highest BCUT2D eigenvalue weighted by atomic mass is 32.2. The Morgan fingerprint density at radius 3 is 2.83 bits per heavy atom. The molecular formula is C16H18N6O3S4. The number of carbonyl (C=O) groups is 1. The summed E-state index contributed by atoms with van der Waals surface area (Å²) in [4.78, 5) is 12.7. The summed E-state index contributed by atoms with van der Waals surface area (Å²) < 4.78 is 37.2. The third kappa shape index (κ3) is 5.17. The van der Waals surface area contributed by atoms with E-state index in [0.717, 1.165) is 11.4 Å². The second-order valence-electron chi connectivity index (χ2n) is 6.19. The number of amides is 1. The maximum absolute atomic E-state index is 12.9. The van der Waals surface area contributed by atoms with Gasteiger partial charge in [0.2, 0.25) is 21.1 Å². The van der Waals surface area contributed by atoms with E-state index in [1.54, 1.807) is 32.1 Å². The molecule has 0 bridgehead atoms. The summed E-state index contributed by atoms with van der Waals surface area (Å²) in [5.74, 6) is -0.141. The number of rotatable bonds is 9. The lowest BCUT2D eigenvalue weighted by atomic mass is 10.1. The van der Waals surface area contributed by atoms with Gasteiger partial charge in [-0.3, -0.25) is 10.1 Å². The van der Waals surface area contributed by atoms with Crippen LogP contribution in [0.5, 0.6) is 0 Å². The summed E-state index contributed by atoms with van der Waals surface area (Å²) >= 11 is 3.59. The Labute approximate surface area is 180 Å². The first-order valence-corrected chi connectivity index (χ1v) is 12.4. The third-order valence-corrected chi connectivity index (χ3v) is 7.71. The molecule has 1 aliphatic rings. The van der Waals surface area contributed by atoms with Gasteiger partial charge in [0.25, 0.3) is 0 Å². The van der Waals surface area contributed by atoms with Gasteiger partial charge >= 0.3 is 0 Å². The molecule has 154 valence electrons. The molecule has 1 aliphatic heterocycles. The highest BCUT2D eigenvalue weighted by Crippen LogP contribution is 2.37. The molecule has 9 nitrogen and oxygen atoms in total. The van der Waals surface area contributed by atoms with E-state index >= 15 is 0 Å². The van der Waals surface area contributed by atoms with Crippen molar-refractivity contribution in [2.24, 2.45) is 14.6 Å². The number of hydrogen-bond acceptors (Lipinski definition) is 9. The van der Waals surface area contributed by atoms with Crippen molar-refractivity contribution in [1.29, 1.82) is 0 Å². The molecule has 13 heteroatoms. The molecule has 0 unspecified atom stereocenters. The summed E-state index contributed by atoms with van der Waals surface area (Å²) in [5, 5.41) is 10.8. The molecule has 29 heavy (non-hydrogen) atoms. The lowest BCUT2D eigenvalue weighted by Gasteiger charge is -2.21. The van der Waals surface area contributed by atoms with Crippen molar-refractivity contribution >= 4 is 66.9 Å². The van der Waals surface area contributed by atoms with Crippen LogP contribution in [0.15, 0.2) is 48.8 Å². The number of thioether (sulfide) groups is 1. The number of fused-ring (bicyclic) bond motifs is 1. The van der Waals surface area contributed by atoms with Crippen LogP contribution in [0.2, 0.25) is 0 Å². The molecule has 0 saturated heterocycles. The monoisotopic (exact) mass is 470 g/mol. The van der Waals surface area contributed by atoms with Crippen molar-refractivity contribution in [3.8, 4) is 0 Å². The molecule has 0 radical (unpaired) electrons. The summed E-state index contributed by atoms with van der Waals surface area (Å²) in [7, 11) is -4.00. The van der Waals surface area contributed by atoms with Crippen LogP contribution >= 0.6 is 23.1 Å². The Balaban J connectivity index is 1.77. The topological polar surface area (TPSA) is 126 Å². The molecule has 0 saturated carbocycles. The largest absolute Gasteiger partial charge is 0.299 e. The first kappa shape index (κ1) is 21.8. The first-order chi connectivity index (χ1) is 13.8. The Kier molecular flexibility index (Phi) is 6.95. The average molecular weight is 471 g/mol. The van der Waals surface area contributed by atoms with Gasteiger partial charge in [-0.05, 0) is 18.1 Å². The fourth-order valence-electron chi connectivity index (χ4n) is 2.35. The van der Waals surface area contributed by atoms with Crippen LogP contribution < -0.4 is 10.0 Å². The number of anilines is 1. The minimum atomic E-state index is -4.00. The van der Waals surface area contributed by atoms with Crippen molar-refractivity contribution in [3.63, 3.8) is 0 Å². The lowest BCUT2D eigenvalue weighted by molar-refractivity contribution is -0.118. The van der Waals surface area contributed by atoms with E-state index in [2.05, 4.69) is 35.5 Å². The molecule has 1 amide bonds. The van der Waals surface area contributed by atoms with E-state index in [1.165, 1.54) is 29.2 Å². The number of carbonyl (C=O) groups excluding carboxylic acids is 1. The molecule has 0 fully saturated rings. The van der Waals surface area contributed by atoms with Crippen LogP contribution in [-0.2, 0) is 26.2 Å². The predicted molar refractivity (Wildman–Crippen MR) is 116 cm³/mol. The molecule has 2 N–H and O–H groups in total. The van der Waals surface area contributed by atoms with E-state index in [1.807, 2.05) is 0 Å². The number of nitrogens with one attached hydrogen (secondary N) is 2. The average Bonchev–Trinajstić information content (AvgIpc) is 3.32. The van der Waals surface area contributed by atoms with Crippen molar-refractivity contribution in [1.82, 2.24) is 14.9 Å². The van der Waals surface area contributed by atoms with Crippen molar-refractivity contribution in [3.05, 3.63) is 30.9 Å². The SMILES string of the molecule is C=CCSc1nnc(NC(=O)[C@@H](NS(=O)(=O)c2cccc3c2N=S=N3)C(C)C)s1. The Bertz CT molecular complexity index is 1110. The van der Waals surface area contributed by atoms with Gasteiger partial charge in [0.1, 0.15) is 22.3 Å². The van der Waals surface area contributed by atoms with Gasteiger partial charge in [-0.15, -0.1) is 16.8 Å². The summed E-state index contributed by atoms with van der Waals surface area (Å²) in [6.45, 7) is 7.15. The molecule has 0 spiro atoms. The summed E-state index contributed by atoms with van der Waals surface area (Å²) in [6.07, 6.45) is 1.74. The van der Waals surface area contributed by atoms with Crippen molar-refractivity contribution < 1.29 is 13.2 Å². The highest BCUT2D eigenvalue weighted by molar-refractivity contribution is 8.01. The van der Waals surface area contributed by atoms with Gasteiger partial charge in [0.15, 0.2) is 4.34 Å². The minimum absolute atomic E-state index is 0.0128. The fraction of sp³-hybridized carbons (Fsp3) is 0.312. The third-order valence-electron chi connectivity index (χ3n) is 3.73. The molecule has 1 atom stereocenters. The van der Waals surface area contributed by atoms with Crippen LogP contribution in [0.25, 0.3) is 0 Å². The second kappa shape index (κ2) is 9.26. The van der Waals surface area contributed by atoms with E-state index in [9.17, 15) is 13.2 Å². The molecule has 2 aromatic rings. The molecule has 1 aromatic carbocycles. The minimum Gasteiger partial charge on any atom is -0.299 e. The molecule has 3 rings (SSSR count). The standard InChI is InChI=1S/C16H18N6O3S4/c1-4-8-26-16-19-18-15(27-16)17-14(23)12(9(2)3)22-29(24,25)11-7-5-6-10-13(11)21-28-20-10/h4-7,9,12,22H,1,8H2,2-3H3,(H,17,18,23)/t12-/m0/s1. The normalized spacial score (nSPS) is 13.8. The second-order valence-corrected chi connectivity index (χ2v) is 10.6. The molecule has 1 aromatic heterocycles. The zero-order chi connectivity index (χ0) is 21.0. The zero-order valence-corrected chi connectivity index (χ0v) is 18.8. The van der Waals surface area contributed by atoms with Gasteiger partial charge in [-0.25, -0.2) is 8.42 Å². The summed E-state index contributed by atoms with van der Waals surface area (Å²) in [5.41, 5.74) is 0.766. The van der Waals surface area contributed by atoms with E-state index in [-0.39, 0.29) is 16.5 Å². The number of aromatic nitrogens is 2. The van der Waals surface area contributed by atoms with Crippen LogP contribution in [0.3, 0.4) is 0 Å².